The van der Waals surface area contributed by atoms with Gasteiger partial charge in [0.05, 0.1) is 13.7 Å². The summed E-state index contributed by atoms with van der Waals surface area (Å²) in [5, 5.41) is 3.48. The second-order valence-corrected chi connectivity index (χ2v) is 5.46. The Hall–Kier alpha value is -1.55. The van der Waals surface area contributed by atoms with Crippen molar-refractivity contribution in [2.24, 2.45) is 5.92 Å². The van der Waals surface area contributed by atoms with Crippen molar-refractivity contribution in [2.45, 2.75) is 38.8 Å². The molecular weight excluding hydrogens is 254 g/mol. The molecule has 0 saturated heterocycles. The molecule has 0 radical (unpaired) electrons. The molecular formula is C16H23NO3. The number of benzene rings is 1. The smallest absolute Gasteiger partial charge is 0.331 e. The normalized spacial score (nSPS) is 26.3. The van der Waals surface area contributed by atoms with Gasteiger partial charge in [-0.05, 0) is 19.4 Å². The summed E-state index contributed by atoms with van der Waals surface area (Å²) < 4.78 is 10.9. The zero-order valence-electron chi connectivity index (χ0n) is 12.6. The van der Waals surface area contributed by atoms with Gasteiger partial charge in [0, 0.05) is 17.5 Å². The first kappa shape index (κ1) is 14.9. The van der Waals surface area contributed by atoms with Crippen molar-refractivity contribution in [1.29, 1.82) is 0 Å². The summed E-state index contributed by atoms with van der Waals surface area (Å²) in [4.78, 5) is 12.6. The highest BCUT2D eigenvalue weighted by molar-refractivity contribution is 5.84. The molecule has 0 aromatic heterocycles. The first-order chi connectivity index (χ1) is 9.56. The van der Waals surface area contributed by atoms with Crippen LogP contribution < -0.4 is 10.1 Å². The van der Waals surface area contributed by atoms with Crippen molar-refractivity contribution in [3.63, 3.8) is 0 Å². The molecule has 1 aliphatic rings. The van der Waals surface area contributed by atoms with Crippen LogP contribution in [0.1, 0.15) is 32.8 Å². The molecule has 0 spiro atoms. The number of ether oxygens (including phenoxy) is 2. The number of esters is 1. The standard InChI is InChI=1S/C16H23NO3/c1-5-12(3)17-16(15(18)19-4)11(2)10-20-14-9-7-6-8-13(14)16/h6-9,11-12,17H,5,10H2,1-4H3. The average molecular weight is 277 g/mol. The second kappa shape index (κ2) is 5.83. The molecule has 0 aliphatic carbocycles. The summed E-state index contributed by atoms with van der Waals surface area (Å²) in [6.07, 6.45) is 0.939. The minimum Gasteiger partial charge on any atom is -0.493 e. The van der Waals surface area contributed by atoms with Gasteiger partial charge >= 0.3 is 5.97 Å². The lowest BCUT2D eigenvalue weighted by atomic mass is 9.76. The Kier molecular flexibility index (Phi) is 4.33. The van der Waals surface area contributed by atoms with Gasteiger partial charge in [0.25, 0.3) is 0 Å². The SMILES string of the molecule is CCC(C)NC1(C(=O)OC)c2ccccc2OCC1C. The Morgan fingerprint density at radius 3 is 2.90 bits per heavy atom. The first-order valence-corrected chi connectivity index (χ1v) is 7.14. The van der Waals surface area contributed by atoms with E-state index in [2.05, 4.69) is 19.2 Å². The highest BCUT2D eigenvalue weighted by atomic mass is 16.5. The number of hydrogen-bond acceptors (Lipinski definition) is 4. The summed E-state index contributed by atoms with van der Waals surface area (Å²) in [6.45, 7) is 6.69. The van der Waals surface area contributed by atoms with Gasteiger partial charge in [-0.25, -0.2) is 4.79 Å². The molecule has 4 nitrogen and oxygen atoms in total. The molecule has 110 valence electrons. The quantitative estimate of drug-likeness (QED) is 0.859. The third-order valence-corrected chi connectivity index (χ3v) is 4.13. The maximum atomic E-state index is 12.6. The third kappa shape index (κ3) is 2.29. The highest BCUT2D eigenvalue weighted by Gasteiger charge is 2.51. The van der Waals surface area contributed by atoms with Gasteiger partial charge in [-0.15, -0.1) is 0 Å². The second-order valence-electron chi connectivity index (χ2n) is 5.46. The van der Waals surface area contributed by atoms with Crippen molar-refractivity contribution in [1.82, 2.24) is 5.32 Å². The fourth-order valence-corrected chi connectivity index (χ4v) is 2.77. The van der Waals surface area contributed by atoms with Crippen molar-refractivity contribution in [2.75, 3.05) is 13.7 Å². The van der Waals surface area contributed by atoms with Crippen LogP contribution in [0.2, 0.25) is 0 Å². The number of rotatable bonds is 4. The fourth-order valence-electron chi connectivity index (χ4n) is 2.77. The zero-order valence-corrected chi connectivity index (χ0v) is 12.6. The molecule has 1 aromatic carbocycles. The van der Waals surface area contributed by atoms with Gasteiger partial charge in [0.15, 0.2) is 5.54 Å². The van der Waals surface area contributed by atoms with E-state index in [4.69, 9.17) is 9.47 Å². The van der Waals surface area contributed by atoms with E-state index in [1.54, 1.807) is 0 Å². The van der Waals surface area contributed by atoms with Crippen LogP contribution in [0.25, 0.3) is 0 Å². The fraction of sp³-hybridized carbons (Fsp3) is 0.562. The van der Waals surface area contributed by atoms with Crippen molar-refractivity contribution >= 4 is 5.97 Å². The molecule has 2 rings (SSSR count). The molecule has 0 amide bonds. The molecule has 20 heavy (non-hydrogen) atoms. The molecule has 4 heteroatoms. The van der Waals surface area contributed by atoms with E-state index < -0.39 is 5.54 Å². The van der Waals surface area contributed by atoms with Crippen LogP contribution in [0, 0.1) is 5.92 Å². The Morgan fingerprint density at radius 1 is 1.55 bits per heavy atom. The number of carbonyl (C=O) groups excluding carboxylic acids is 1. The van der Waals surface area contributed by atoms with Gasteiger partial charge < -0.3 is 9.47 Å². The van der Waals surface area contributed by atoms with Gasteiger partial charge in [-0.3, -0.25) is 5.32 Å². The van der Waals surface area contributed by atoms with Crippen LogP contribution in [0.15, 0.2) is 24.3 Å². The number of para-hydroxylation sites is 1. The number of carbonyl (C=O) groups is 1. The van der Waals surface area contributed by atoms with E-state index in [-0.39, 0.29) is 17.9 Å². The Morgan fingerprint density at radius 2 is 2.25 bits per heavy atom. The molecule has 1 aromatic rings. The molecule has 1 aliphatic heterocycles. The van der Waals surface area contributed by atoms with Gasteiger partial charge in [-0.2, -0.15) is 0 Å². The van der Waals surface area contributed by atoms with E-state index in [0.717, 1.165) is 17.7 Å². The lowest BCUT2D eigenvalue weighted by Gasteiger charge is -2.43. The van der Waals surface area contributed by atoms with Crippen LogP contribution in [0.5, 0.6) is 5.75 Å². The van der Waals surface area contributed by atoms with Gasteiger partial charge in [-0.1, -0.05) is 32.0 Å². The topological polar surface area (TPSA) is 47.6 Å². The van der Waals surface area contributed by atoms with Crippen LogP contribution in [-0.2, 0) is 15.1 Å². The summed E-state index contributed by atoms with van der Waals surface area (Å²) in [5.41, 5.74) is 0.0323. The van der Waals surface area contributed by atoms with Gasteiger partial charge in [0.1, 0.15) is 5.75 Å². The maximum absolute atomic E-state index is 12.6. The number of hydrogen-bond donors (Lipinski definition) is 1. The average Bonchev–Trinajstić information content (AvgIpc) is 2.49. The summed E-state index contributed by atoms with van der Waals surface area (Å²) in [6, 6.07) is 7.90. The molecule has 0 fully saturated rings. The minimum atomic E-state index is -0.834. The van der Waals surface area contributed by atoms with Crippen LogP contribution in [-0.4, -0.2) is 25.7 Å². The summed E-state index contributed by atoms with van der Waals surface area (Å²) >= 11 is 0. The van der Waals surface area contributed by atoms with Gasteiger partial charge in [0.2, 0.25) is 0 Å². The third-order valence-electron chi connectivity index (χ3n) is 4.13. The van der Waals surface area contributed by atoms with E-state index >= 15 is 0 Å². The van der Waals surface area contributed by atoms with E-state index in [1.807, 2.05) is 31.2 Å². The molecule has 3 atom stereocenters. The number of fused-ring (bicyclic) bond motifs is 1. The van der Waals surface area contributed by atoms with Crippen LogP contribution in [0.3, 0.4) is 0 Å². The monoisotopic (exact) mass is 277 g/mol. The Balaban J connectivity index is 2.56. The van der Waals surface area contributed by atoms with Crippen LogP contribution in [0.4, 0.5) is 0 Å². The molecule has 1 N–H and O–H groups in total. The van der Waals surface area contributed by atoms with Crippen molar-refractivity contribution in [3.8, 4) is 5.75 Å². The highest BCUT2D eigenvalue weighted by Crippen LogP contribution is 2.41. The zero-order chi connectivity index (χ0) is 14.8. The van der Waals surface area contributed by atoms with E-state index in [0.29, 0.717) is 6.61 Å². The Bertz CT molecular complexity index is 488. The summed E-state index contributed by atoms with van der Waals surface area (Å²) in [5.74, 6) is 0.506. The maximum Gasteiger partial charge on any atom is 0.331 e. The largest absolute Gasteiger partial charge is 0.493 e. The predicted molar refractivity (Wildman–Crippen MR) is 77.7 cm³/mol. The van der Waals surface area contributed by atoms with Crippen LogP contribution >= 0.6 is 0 Å². The minimum absolute atomic E-state index is 0.00106. The molecule has 0 saturated carbocycles. The number of methoxy groups -OCH3 is 1. The molecule has 0 bridgehead atoms. The van der Waals surface area contributed by atoms with E-state index in [1.165, 1.54) is 7.11 Å². The first-order valence-electron chi connectivity index (χ1n) is 7.14. The molecule has 1 heterocycles. The lowest BCUT2D eigenvalue weighted by Crippen LogP contribution is -2.60. The Labute approximate surface area is 120 Å². The lowest BCUT2D eigenvalue weighted by molar-refractivity contribution is -0.154. The predicted octanol–water partition coefficient (Wildman–Crippen LogP) is 2.47. The number of nitrogens with one attached hydrogen (secondary N) is 1. The van der Waals surface area contributed by atoms with E-state index in [9.17, 15) is 4.79 Å². The van der Waals surface area contributed by atoms with Crippen molar-refractivity contribution in [3.05, 3.63) is 29.8 Å². The molecule has 3 unspecified atom stereocenters. The van der Waals surface area contributed by atoms with Crippen molar-refractivity contribution < 1.29 is 14.3 Å². The summed E-state index contributed by atoms with van der Waals surface area (Å²) in [7, 11) is 1.44.